The molecule has 9 nitrogen and oxygen atoms in total. The maximum atomic E-state index is 13.2. The van der Waals surface area contributed by atoms with Gasteiger partial charge in [0.05, 0.1) is 17.2 Å². The van der Waals surface area contributed by atoms with Gasteiger partial charge in [-0.25, -0.2) is 0 Å². The number of nitrogens with two attached hydrogens (primary N) is 1. The number of carbonyl (C=O) groups excluding carboxylic acids is 3. The number of nitrogens with zero attached hydrogens (tertiary/aromatic N) is 1. The molecule has 0 radical (unpaired) electrons. The second kappa shape index (κ2) is 5.93. The lowest BCUT2D eigenvalue weighted by Gasteiger charge is -2.46. The molecule has 1 aromatic rings. The van der Waals surface area contributed by atoms with Gasteiger partial charge in [0.15, 0.2) is 11.4 Å². The topological polar surface area (TPSA) is 182 Å². The van der Waals surface area contributed by atoms with Crippen molar-refractivity contribution in [1.29, 1.82) is 5.26 Å². The molecule has 29 heavy (non-hydrogen) atoms. The monoisotopic (exact) mass is 396 g/mol. The van der Waals surface area contributed by atoms with E-state index in [0.29, 0.717) is 5.56 Å². The molecule has 6 N–H and O–H groups in total. The van der Waals surface area contributed by atoms with Crippen molar-refractivity contribution in [2.75, 3.05) is 0 Å². The number of amides is 1. The fraction of sp³-hybridized carbons (Fsp3) is 0.300. The van der Waals surface area contributed by atoms with Crippen molar-refractivity contribution in [3.63, 3.8) is 0 Å². The van der Waals surface area contributed by atoms with Crippen molar-refractivity contribution >= 4 is 23.2 Å². The number of primary amides is 1. The Bertz CT molecular complexity index is 1120. The molecule has 0 saturated heterocycles. The van der Waals surface area contributed by atoms with Gasteiger partial charge in [-0.1, -0.05) is 0 Å². The smallest absolute Gasteiger partial charge is 0.255 e. The Kier molecular flexibility index (Phi) is 3.82. The van der Waals surface area contributed by atoms with Crippen LogP contribution in [0.2, 0.25) is 0 Å². The van der Waals surface area contributed by atoms with E-state index >= 15 is 0 Å². The fourth-order valence-electron chi connectivity index (χ4n) is 4.73. The average Bonchev–Trinajstić information content (AvgIpc) is 2.64. The molecule has 148 valence electrons. The molecule has 4 rings (SSSR count). The highest BCUT2D eigenvalue weighted by atomic mass is 16.3. The molecule has 3 aliphatic rings. The largest absolute Gasteiger partial charge is 0.508 e. The SMILES string of the molecule is N#Cc1ccc(O)c2c1CC1CC3CC(=O)C(C(N)=O)=C(O)C3(O)C(=O)C1=C2O. The van der Waals surface area contributed by atoms with Crippen molar-refractivity contribution in [3.8, 4) is 11.8 Å². The van der Waals surface area contributed by atoms with Gasteiger partial charge in [0.25, 0.3) is 5.91 Å². The highest BCUT2D eigenvalue weighted by Crippen LogP contribution is 2.52. The molecular formula is C20H16N2O7. The number of aliphatic hydroxyl groups is 3. The molecule has 1 amide bonds. The van der Waals surface area contributed by atoms with Crippen LogP contribution >= 0.6 is 0 Å². The number of aliphatic hydroxyl groups excluding tert-OH is 2. The van der Waals surface area contributed by atoms with Gasteiger partial charge in [-0.2, -0.15) is 5.26 Å². The zero-order valence-electron chi connectivity index (χ0n) is 15.0. The van der Waals surface area contributed by atoms with Crippen LogP contribution in [0.25, 0.3) is 5.76 Å². The minimum Gasteiger partial charge on any atom is -0.508 e. The highest BCUT2D eigenvalue weighted by Gasteiger charge is 2.60. The van der Waals surface area contributed by atoms with E-state index in [1.165, 1.54) is 12.1 Å². The minimum atomic E-state index is -2.59. The number of ketones is 2. The van der Waals surface area contributed by atoms with Crippen molar-refractivity contribution in [2.45, 2.75) is 24.9 Å². The summed E-state index contributed by atoms with van der Waals surface area (Å²) in [6, 6.07) is 4.58. The Labute approximate surface area is 164 Å². The number of rotatable bonds is 1. The molecule has 3 unspecified atom stereocenters. The Balaban J connectivity index is 1.96. The van der Waals surface area contributed by atoms with E-state index in [-0.39, 0.29) is 41.7 Å². The second-order valence-electron chi connectivity index (χ2n) is 7.50. The molecule has 0 bridgehead atoms. The number of hydrogen-bond donors (Lipinski definition) is 5. The first-order chi connectivity index (χ1) is 13.6. The molecule has 3 aliphatic carbocycles. The molecule has 1 saturated carbocycles. The number of hydrogen-bond acceptors (Lipinski definition) is 8. The molecule has 0 spiro atoms. The normalized spacial score (nSPS) is 28.4. The average molecular weight is 396 g/mol. The van der Waals surface area contributed by atoms with Crippen molar-refractivity contribution in [3.05, 3.63) is 45.7 Å². The molecule has 0 aromatic heterocycles. The first kappa shape index (κ1) is 18.7. The van der Waals surface area contributed by atoms with Crippen molar-refractivity contribution in [1.82, 2.24) is 0 Å². The summed E-state index contributed by atoms with van der Waals surface area (Å²) in [5.74, 6) is -6.85. The third-order valence-electron chi connectivity index (χ3n) is 6.07. The predicted molar refractivity (Wildman–Crippen MR) is 96.1 cm³/mol. The lowest BCUT2D eigenvalue weighted by molar-refractivity contribution is -0.147. The fourth-order valence-corrected chi connectivity index (χ4v) is 4.73. The summed E-state index contributed by atoms with van der Waals surface area (Å²) in [6.07, 6.45) is -0.234. The highest BCUT2D eigenvalue weighted by molar-refractivity contribution is 6.22. The van der Waals surface area contributed by atoms with Crippen molar-refractivity contribution < 1.29 is 34.8 Å². The van der Waals surface area contributed by atoms with Crippen LogP contribution in [0, 0.1) is 23.2 Å². The zero-order valence-corrected chi connectivity index (χ0v) is 15.0. The Morgan fingerprint density at radius 3 is 2.52 bits per heavy atom. The van der Waals surface area contributed by atoms with Crippen LogP contribution in [-0.2, 0) is 20.8 Å². The molecule has 9 heteroatoms. The number of aromatic hydroxyl groups is 1. The van der Waals surface area contributed by atoms with Gasteiger partial charge in [-0.15, -0.1) is 0 Å². The van der Waals surface area contributed by atoms with E-state index in [2.05, 4.69) is 0 Å². The summed E-state index contributed by atoms with van der Waals surface area (Å²) in [5, 5.41) is 51.8. The zero-order chi connectivity index (χ0) is 21.2. The van der Waals surface area contributed by atoms with Crippen LogP contribution < -0.4 is 5.73 Å². The number of benzene rings is 1. The van der Waals surface area contributed by atoms with Gasteiger partial charge in [0.1, 0.15) is 22.8 Å². The third kappa shape index (κ3) is 2.26. The van der Waals surface area contributed by atoms with E-state index in [0.717, 1.165) is 0 Å². The summed E-state index contributed by atoms with van der Waals surface area (Å²) >= 11 is 0. The lowest BCUT2D eigenvalue weighted by atomic mass is 9.59. The van der Waals surface area contributed by atoms with Crippen molar-refractivity contribution in [2.24, 2.45) is 17.6 Å². The summed E-state index contributed by atoms with van der Waals surface area (Å²) in [5.41, 5.74) is 1.96. The molecular weight excluding hydrogens is 380 g/mol. The standard InChI is InChI=1S/C20H16N2O7/c21-6-7-1-2-11(23)14-10(7)4-8-3-9-5-12(24)15(19(22)28)18(27)20(9,29)17(26)13(8)16(14)25/h1-2,8-9,23,25,27,29H,3-5H2,(H2,22,28). The second-order valence-corrected chi connectivity index (χ2v) is 7.50. The van der Waals surface area contributed by atoms with Crippen LogP contribution in [0.5, 0.6) is 5.75 Å². The number of nitriles is 1. The van der Waals surface area contributed by atoms with Gasteiger partial charge in [0.2, 0.25) is 5.78 Å². The first-order valence-corrected chi connectivity index (χ1v) is 8.85. The van der Waals surface area contributed by atoms with Gasteiger partial charge >= 0.3 is 0 Å². The number of fused-ring (bicyclic) bond motifs is 3. The third-order valence-corrected chi connectivity index (χ3v) is 6.07. The maximum absolute atomic E-state index is 13.2. The number of Topliss-reactive ketones (excluding diaryl/α,β-unsaturated/α-hetero) is 2. The van der Waals surface area contributed by atoms with E-state index in [9.17, 15) is 40.1 Å². The van der Waals surface area contributed by atoms with Crippen LogP contribution in [0.4, 0.5) is 0 Å². The maximum Gasteiger partial charge on any atom is 0.255 e. The Morgan fingerprint density at radius 1 is 1.21 bits per heavy atom. The van der Waals surface area contributed by atoms with Crippen LogP contribution in [0.3, 0.4) is 0 Å². The molecule has 3 atom stereocenters. The summed E-state index contributed by atoms with van der Waals surface area (Å²) < 4.78 is 0. The molecule has 1 aromatic carbocycles. The first-order valence-electron chi connectivity index (χ1n) is 8.85. The minimum absolute atomic E-state index is 0.0312. The summed E-state index contributed by atoms with van der Waals surface area (Å²) in [7, 11) is 0. The molecule has 1 fully saturated rings. The lowest BCUT2D eigenvalue weighted by Crippen LogP contribution is -2.58. The van der Waals surface area contributed by atoms with E-state index in [1.54, 1.807) is 0 Å². The number of phenols is 1. The van der Waals surface area contributed by atoms with Crippen LogP contribution in [0.15, 0.2) is 29.0 Å². The number of phenolic OH excluding ortho intramolecular Hbond substituents is 1. The van der Waals surface area contributed by atoms with Crippen LogP contribution in [-0.4, -0.2) is 43.5 Å². The molecule has 0 heterocycles. The predicted octanol–water partition coefficient (Wildman–Crippen LogP) is 0.296. The summed E-state index contributed by atoms with van der Waals surface area (Å²) in [4.78, 5) is 37.0. The quantitative estimate of drug-likeness (QED) is 0.420. The Hall–Kier alpha value is -3.64. The van der Waals surface area contributed by atoms with Gasteiger partial charge in [0, 0.05) is 17.9 Å². The summed E-state index contributed by atoms with van der Waals surface area (Å²) in [6.45, 7) is 0. The number of carbonyl (C=O) groups is 3. The van der Waals surface area contributed by atoms with Gasteiger partial charge in [-0.3, -0.25) is 14.4 Å². The Morgan fingerprint density at radius 2 is 1.90 bits per heavy atom. The van der Waals surface area contributed by atoms with Gasteiger partial charge in [-0.05, 0) is 36.5 Å². The van der Waals surface area contributed by atoms with E-state index in [1.807, 2.05) is 6.07 Å². The van der Waals surface area contributed by atoms with Crippen LogP contribution in [0.1, 0.15) is 29.5 Å². The molecule has 0 aliphatic heterocycles. The van der Waals surface area contributed by atoms with Gasteiger partial charge < -0.3 is 26.2 Å². The van der Waals surface area contributed by atoms with E-state index in [4.69, 9.17) is 5.73 Å². The van der Waals surface area contributed by atoms with E-state index < -0.39 is 52.0 Å².